The van der Waals surface area contributed by atoms with E-state index in [4.69, 9.17) is 4.74 Å². The normalized spacial score (nSPS) is 23.1. The van der Waals surface area contributed by atoms with E-state index in [0.29, 0.717) is 12.6 Å². The molecule has 2 atom stereocenters. The number of hydrogen-bond acceptors (Lipinski definition) is 2. The Morgan fingerprint density at radius 2 is 1.75 bits per heavy atom. The molecular weight excluding hydrogens is 294 g/mol. The van der Waals surface area contributed by atoms with Crippen LogP contribution in [0, 0.1) is 6.92 Å². The molecule has 2 aromatic rings. The number of rotatable bonds is 5. The van der Waals surface area contributed by atoms with Crippen molar-refractivity contribution in [2.75, 3.05) is 6.54 Å². The summed E-state index contributed by atoms with van der Waals surface area (Å²) in [5.41, 5.74) is 3.82. The van der Waals surface area contributed by atoms with Gasteiger partial charge in [-0.2, -0.15) is 0 Å². The van der Waals surface area contributed by atoms with Gasteiger partial charge < -0.3 is 4.74 Å². The van der Waals surface area contributed by atoms with Crippen molar-refractivity contribution in [1.82, 2.24) is 4.90 Å². The van der Waals surface area contributed by atoms with Gasteiger partial charge in [0.2, 0.25) is 0 Å². The molecule has 0 aromatic heterocycles. The second kappa shape index (κ2) is 7.50. The van der Waals surface area contributed by atoms with E-state index in [9.17, 15) is 0 Å². The van der Waals surface area contributed by atoms with Crippen LogP contribution in [0.2, 0.25) is 0 Å². The van der Waals surface area contributed by atoms with Gasteiger partial charge in [-0.1, -0.05) is 54.6 Å². The molecule has 0 radical (unpaired) electrons. The zero-order valence-corrected chi connectivity index (χ0v) is 15.2. The maximum atomic E-state index is 6.48. The van der Waals surface area contributed by atoms with Crippen LogP contribution in [0.4, 0.5) is 0 Å². The topological polar surface area (TPSA) is 12.5 Å². The van der Waals surface area contributed by atoms with Crippen molar-refractivity contribution in [3.05, 3.63) is 71.3 Å². The molecule has 2 unspecified atom stereocenters. The number of nitrogens with zero attached hydrogens (tertiary/aromatic N) is 1. The van der Waals surface area contributed by atoms with Gasteiger partial charge in [-0.15, -0.1) is 0 Å². The maximum absolute atomic E-state index is 6.48. The fraction of sp³-hybridized carbons (Fsp3) is 0.455. The van der Waals surface area contributed by atoms with Crippen LogP contribution in [0.5, 0.6) is 0 Å². The fourth-order valence-electron chi connectivity index (χ4n) is 3.91. The summed E-state index contributed by atoms with van der Waals surface area (Å²) >= 11 is 0. The third-order valence-electron chi connectivity index (χ3n) is 5.40. The largest absolute Gasteiger partial charge is 0.356 e. The molecule has 1 aliphatic rings. The first-order valence-corrected chi connectivity index (χ1v) is 9.10. The lowest BCUT2D eigenvalue weighted by Crippen LogP contribution is -2.52. The van der Waals surface area contributed by atoms with Crippen molar-refractivity contribution in [2.45, 2.75) is 58.4 Å². The summed E-state index contributed by atoms with van der Waals surface area (Å²) in [4.78, 5) is 2.56. The Hall–Kier alpha value is -1.64. The highest BCUT2D eigenvalue weighted by atomic mass is 16.5. The summed E-state index contributed by atoms with van der Waals surface area (Å²) in [6.45, 7) is 8.56. The Balaban J connectivity index is 1.78. The van der Waals surface area contributed by atoms with Gasteiger partial charge in [-0.25, -0.2) is 0 Å². The van der Waals surface area contributed by atoms with E-state index in [-0.39, 0.29) is 5.72 Å². The molecule has 0 spiro atoms. The zero-order chi connectivity index (χ0) is 17.0. The van der Waals surface area contributed by atoms with Gasteiger partial charge in [0.05, 0.1) is 6.61 Å². The molecular formula is C22H29NO. The SMILES string of the molecule is Cc1ccccc1C(C)N1CCCCC1(C)OCc1ccccc1. The number of aryl methyl sites for hydroxylation is 1. The first-order valence-electron chi connectivity index (χ1n) is 9.10. The number of ether oxygens (including phenoxy) is 1. The Morgan fingerprint density at radius 3 is 2.50 bits per heavy atom. The molecule has 0 bridgehead atoms. The summed E-state index contributed by atoms with van der Waals surface area (Å²) in [6, 6.07) is 19.6. The van der Waals surface area contributed by atoms with Gasteiger partial charge >= 0.3 is 0 Å². The Bertz CT molecular complexity index is 654. The third-order valence-corrected chi connectivity index (χ3v) is 5.40. The van der Waals surface area contributed by atoms with Crippen LogP contribution in [0.1, 0.15) is 55.8 Å². The Morgan fingerprint density at radius 1 is 1.04 bits per heavy atom. The highest BCUT2D eigenvalue weighted by Gasteiger charge is 2.38. The second-order valence-electron chi connectivity index (χ2n) is 7.13. The van der Waals surface area contributed by atoms with E-state index >= 15 is 0 Å². The molecule has 1 heterocycles. The average Bonchev–Trinajstić information content (AvgIpc) is 2.61. The highest BCUT2D eigenvalue weighted by Crippen LogP contribution is 2.37. The molecule has 0 amide bonds. The van der Waals surface area contributed by atoms with Crippen LogP contribution in [0.25, 0.3) is 0 Å². The summed E-state index contributed by atoms with van der Waals surface area (Å²) in [5, 5.41) is 0. The van der Waals surface area contributed by atoms with Gasteiger partial charge in [-0.3, -0.25) is 4.90 Å². The predicted molar refractivity (Wildman–Crippen MR) is 99.8 cm³/mol. The summed E-state index contributed by atoms with van der Waals surface area (Å²) < 4.78 is 6.48. The lowest BCUT2D eigenvalue weighted by Gasteiger charge is -2.48. The fourth-order valence-corrected chi connectivity index (χ4v) is 3.91. The maximum Gasteiger partial charge on any atom is 0.119 e. The number of benzene rings is 2. The average molecular weight is 323 g/mol. The van der Waals surface area contributed by atoms with Gasteiger partial charge in [-0.05, 0) is 56.7 Å². The molecule has 128 valence electrons. The summed E-state index contributed by atoms with van der Waals surface area (Å²) in [7, 11) is 0. The molecule has 2 nitrogen and oxygen atoms in total. The second-order valence-corrected chi connectivity index (χ2v) is 7.13. The first-order chi connectivity index (χ1) is 11.6. The molecule has 0 aliphatic carbocycles. The van der Waals surface area contributed by atoms with Crippen molar-refractivity contribution in [2.24, 2.45) is 0 Å². The number of piperidine rings is 1. The van der Waals surface area contributed by atoms with E-state index < -0.39 is 0 Å². The molecule has 2 aromatic carbocycles. The van der Waals surface area contributed by atoms with E-state index in [1.54, 1.807) is 0 Å². The standard InChI is InChI=1S/C22H29NO/c1-18-11-7-8-14-21(18)19(2)23-16-10-9-15-22(23,3)24-17-20-12-5-4-6-13-20/h4-8,11-14,19H,9-10,15-17H2,1-3H3. The smallest absolute Gasteiger partial charge is 0.119 e. The van der Waals surface area contributed by atoms with Gasteiger partial charge in [0.15, 0.2) is 0 Å². The molecule has 0 N–H and O–H groups in total. The van der Waals surface area contributed by atoms with E-state index in [0.717, 1.165) is 13.0 Å². The van der Waals surface area contributed by atoms with Crippen molar-refractivity contribution < 1.29 is 4.74 Å². The molecule has 1 saturated heterocycles. The van der Waals surface area contributed by atoms with Crippen LogP contribution in [-0.2, 0) is 11.3 Å². The van der Waals surface area contributed by atoms with Crippen LogP contribution >= 0.6 is 0 Å². The number of likely N-dealkylation sites (tertiary alicyclic amines) is 1. The number of hydrogen-bond donors (Lipinski definition) is 0. The molecule has 1 aliphatic heterocycles. The monoisotopic (exact) mass is 323 g/mol. The van der Waals surface area contributed by atoms with Gasteiger partial charge in [0.25, 0.3) is 0 Å². The summed E-state index contributed by atoms with van der Waals surface area (Å²) in [6.07, 6.45) is 3.58. The van der Waals surface area contributed by atoms with Crippen LogP contribution in [-0.4, -0.2) is 17.2 Å². The molecule has 24 heavy (non-hydrogen) atoms. The van der Waals surface area contributed by atoms with Crippen molar-refractivity contribution in [3.63, 3.8) is 0 Å². The van der Waals surface area contributed by atoms with Crippen molar-refractivity contribution >= 4 is 0 Å². The highest BCUT2D eigenvalue weighted by molar-refractivity contribution is 5.28. The first kappa shape index (κ1) is 17.2. The van der Waals surface area contributed by atoms with Crippen LogP contribution < -0.4 is 0 Å². The lowest BCUT2D eigenvalue weighted by atomic mass is 9.93. The quantitative estimate of drug-likeness (QED) is 0.723. The predicted octanol–water partition coefficient (Wildman–Crippen LogP) is 5.47. The van der Waals surface area contributed by atoms with Gasteiger partial charge in [0.1, 0.15) is 5.72 Å². The van der Waals surface area contributed by atoms with E-state index in [1.165, 1.54) is 29.5 Å². The minimum Gasteiger partial charge on any atom is -0.356 e. The summed E-state index contributed by atoms with van der Waals surface area (Å²) in [5.74, 6) is 0. The van der Waals surface area contributed by atoms with E-state index in [2.05, 4.69) is 80.3 Å². The van der Waals surface area contributed by atoms with Crippen LogP contribution in [0.3, 0.4) is 0 Å². The van der Waals surface area contributed by atoms with Crippen LogP contribution in [0.15, 0.2) is 54.6 Å². The molecule has 1 fully saturated rings. The zero-order valence-electron chi connectivity index (χ0n) is 15.2. The van der Waals surface area contributed by atoms with Crippen molar-refractivity contribution in [1.29, 1.82) is 0 Å². The van der Waals surface area contributed by atoms with Crippen molar-refractivity contribution in [3.8, 4) is 0 Å². The Labute approximate surface area is 146 Å². The van der Waals surface area contributed by atoms with E-state index in [1.807, 2.05) is 0 Å². The molecule has 0 saturated carbocycles. The minimum absolute atomic E-state index is 0.199. The van der Waals surface area contributed by atoms with Gasteiger partial charge in [0, 0.05) is 12.6 Å². The Kier molecular flexibility index (Phi) is 5.37. The third kappa shape index (κ3) is 3.71. The minimum atomic E-state index is -0.199. The molecule has 2 heteroatoms. The molecule has 3 rings (SSSR count). The lowest BCUT2D eigenvalue weighted by molar-refractivity contribution is -0.185.